The van der Waals surface area contributed by atoms with Crippen molar-refractivity contribution in [3.05, 3.63) is 41.2 Å². The maximum absolute atomic E-state index is 5.05. The second kappa shape index (κ2) is 5.39. The van der Waals surface area contributed by atoms with Gasteiger partial charge in [-0.15, -0.1) is 0 Å². The van der Waals surface area contributed by atoms with Gasteiger partial charge < -0.3 is 10.1 Å². The highest BCUT2D eigenvalue weighted by atomic mass is 32.1. The van der Waals surface area contributed by atoms with Crippen LogP contribution in [0.2, 0.25) is 0 Å². The molecule has 2 aromatic rings. The van der Waals surface area contributed by atoms with Crippen LogP contribution in [0.5, 0.6) is 0 Å². The Hall–Kier alpha value is -1.46. The van der Waals surface area contributed by atoms with Gasteiger partial charge >= 0.3 is 0 Å². The molecule has 0 saturated heterocycles. The minimum absolute atomic E-state index is 0.680. The molecule has 2 aliphatic rings. The minimum atomic E-state index is 0.680. The van der Waals surface area contributed by atoms with Crippen molar-refractivity contribution >= 4 is 16.7 Å². The Kier molecular flexibility index (Phi) is 3.39. The van der Waals surface area contributed by atoms with Gasteiger partial charge in [-0.05, 0) is 35.3 Å². The van der Waals surface area contributed by atoms with Crippen molar-refractivity contribution in [3.63, 3.8) is 0 Å². The summed E-state index contributed by atoms with van der Waals surface area (Å²) in [6, 6.07) is 8.89. The van der Waals surface area contributed by atoms with Gasteiger partial charge in [0, 0.05) is 31.6 Å². The van der Waals surface area contributed by atoms with Gasteiger partial charge in [-0.3, -0.25) is 0 Å². The predicted octanol–water partition coefficient (Wildman–Crippen LogP) is 2.72. The monoisotopic (exact) mass is 301 g/mol. The van der Waals surface area contributed by atoms with Gasteiger partial charge in [0.05, 0.1) is 6.61 Å². The Bertz CT molecular complexity index is 642. The molecular weight excluding hydrogens is 282 g/mol. The first kappa shape index (κ1) is 13.2. The number of aromatic nitrogens is 2. The predicted molar refractivity (Wildman–Crippen MR) is 83.8 cm³/mol. The summed E-state index contributed by atoms with van der Waals surface area (Å²) in [5.74, 6) is 3.27. The first-order valence-electron chi connectivity index (χ1n) is 7.50. The Labute approximate surface area is 128 Å². The zero-order valence-electron chi connectivity index (χ0n) is 12.1. The summed E-state index contributed by atoms with van der Waals surface area (Å²) >= 11 is 1.46. The van der Waals surface area contributed by atoms with Crippen molar-refractivity contribution < 1.29 is 4.74 Å². The molecule has 0 spiro atoms. The van der Waals surface area contributed by atoms with Crippen LogP contribution in [-0.4, -0.2) is 29.6 Å². The molecule has 2 aliphatic carbocycles. The van der Waals surface area contributed by atoms with Gasteiger partial charge in [-0.2, -0.15) is 4.37 Å². The van der Waals surface area contributed by atoms with Crippen LogP contribution in [0.3, 0.4) is 0 Å². The Balaban J connectivity index is 1.33. The number of hydrogen-bond acceptors (Lipinski definition) is 5. The quantitative estimate of drug-likeness (QED) is 0.891. The summed E-state index contributed by atoms with van der Waals surface area (Å²) in [6.45, 7) is 1.70. The summed E-state index contributed by atoms with van der Waals surface area (Å²) in [7, 11) is 1.70. The summed E-state index contributed by atoms with van der Waals surface area (Å²) in [4.78, 5) is 4.50. The lowest BCUT2D eigenvalue weighted by molar-refractivity contribution is 0.201. The fraction of sp³-hybridized carbons (Fsp3) is 0.500. The van der Waals surface area contributed by atoms with E-state index in [1.807, 2.05) is 0 Å². The molecule has 4 nitrogen and oxygen atoms in total. The fourth-order valence-electron chi connectivity index (χ4n) is 3.59. The van der Waals surface area contributed by atoms with Crippen LogP contribution in [0.25, 0.3) is 0 Å². The van der Waals surface area contributed by atoms with Crippen molar-refractivity contribution in [2.24, 2.45) is 11.8 Å². The van der Waals surface area contributed by atoms with E-state index < -0.39 is 0 Å². The normalized spacial score (nSPS) is 25.5. The van der Waals surface area contributed by atoms with Crippen LogP contribution in [-0.2, 0) is 17.6 Å². The number of nitrogens with one attached hydrogen (secondary N) is 1. The first-order valence-corrected chi connectivity index (χ1v) is 8.27. The number of nitrogens with zero attached hydrogens (tertiary/aromatic N) is 2. The van der Waals surface area contributed by atoms with Gasteiger partial charge in [-0.1, -0.05) is 24.3 Å². The zero-order chi connectivity index (χ0) is 14.2. The van der Waals surface area contributed by atoms with Gasteiger partial charge in [-0.25, -0.2) is 4.98 Å². The van der Waals surface area contributed by atoms with E-state index in [2.05, 4.69) is 38.9 Å². The second-order valence-electron chi connectivity index (χ2n) is 5.90. The first-order chi connectivity index (χ1) is 10.4. The zero-order valence-corrected chi connectivity index (χ0v) is 12.9. The third-order valence-electron chi connectivity index (χ3n) is 4.69. The van der Waals surface area contributed by atoms with Crippen LogP contribution < -0.4 is 5.32 Å². The van der Waals surface area contributed by atoms with E-state index in [-0.39, 0.29) is 0 Å². The number of methoxy groups -OCH3 is 1. The summed E-state index contributed by atoms with van der Waals surface area (Å²) in [6.07, 6.45) is 2.04. The van der Waals surface area contributed by atoms with Crippen molar-refractivity contribution in [1.82, 2.24) is 9.36 Å². The van der Waals surface area contributed by atoms with Crippen molar-refractivity contribution in [3.8, 4) is 0 Å². The van der Waals surface area contributed by atoms with Gasteiger partial charge in [0.2, 0.25) is 5.13 Å². The van der Waals surface area contributed by atoms with Crippen LogP contribution in [0, 0.1) is 11.8 Å². The number of ether oxygens (including phenoxy) is 1. The molecule has 0 bridgehead atoms. The highest BCUT2D eigenvalue weighted by Gasteiger charge is 2.54. The number of rotatable bonds is 6. The van der Waals surface area contributed by atoms with Crippen molar-refractivity contribution in [2.75, 3.05) is 25.6 Å². The summed E-state index contributed by atoms with van der Waals surface area (Å²) < 4.78 is 9.40. The molecule has 1 N–H and O–H groups in total. The lowest BCUT2D eigenvalue weighted by Crippen LogP contribution is -2.08. The van der Waals surface area contributed by atoms with E-state index in [0.29, 0.717) is 6.61 Å². The maximum atomic E-state index is 5.05. The SMILES string of the molecule is COCCc1nsc(NCC2C3Cc4ccccc4C23)n1. The standard InChI is InChI=1S/C16H19N3OS/c1-20-7-6-14-18-16(21-19-14)17-9-13-12-8-10-4-2-3-5-11(10)15(12)13/h2-5,12-13,15H,6-9H2,1H3,(H,17,18,19). The lowest BCUT2D eigenvalue weighted by Gasteiger charge is -2.07. The van der Waals surface area contributed by atoms with Crippen molar-refractivity contribution in [1.29, 1.82) is 0 Å². The van der Waals surface area contributed by atoms with Gasteiger partial charge in [0.1, 0.15) is 5.82 Å². The van der Waals surface area contributed by atoms with Crippen LogP contribution >= 0.6 is 11.5 Å². The van der Waals surface area contributed by atoms with E-state index in [9.17, 15) is 0 Å². The third-order valence-corrected chi connectivity index (χ3v) is 5.40. The molecule has 0 radical (unpaired) electrons. The summed E-state index contributed by atoms with van der Waals surface area (Å²) in [5.41, 5.74) is 3.13. The molecule has 3 unspecified atom stereocenters. The number of anilines is 1. The number of benzene rings is 1. The molecule has 110 valence electrons. The van der Waals surface area contributed by atoms with Gasteiger partial charge in [0.25, 0.3) is 0 Å². The summed E-state index contributed by atoms with van der Waals surface area (Å²) in [5, 5.41) is 4.41. The lowest BCUT2D eigenvalue weighted by atomic mass is 10.0. The second-order valence-corrected chi connectivity index (χ2v) is 6.65. The third kappa shape index (κ3) is 2.45. The minimum Gasteiger partial charge on any atom is -0.384 e. The molecule has 0 amide bonds. The van der Waals surface area contributed by atoms with Crippen LogP contribution in [0.1, 0.15) is 22.9 Å². The molecule has 1 heterocycles. The fourth-order valence-corrected chi connectivity index (χ4v) is 4.21. The highest BCUT2D eigenvalue weighted by Crippen LogP contribution is 2.61. The van der Waals surface area contributed by atoms with E-state index >= 15 is 0 Å². The van der Waals surface area contributed by atoms with Crippen LogP contribution in [0.15, 0.2) is 24.3 Å². The Morgan fingerprint density at radius 1 is 1.38 bits per heavy atom. The largest absolute Gasteiger partial charge is 0.384 e. The topological polar surface area (TPSA) is 47.0 Å². The molecule has 4 rings (SSSR count). The number of hydrogen-bond donors (Lipinski definition) is 1. The highest BCUT2D eigenvalue weighted by molar-refractivity contribution is 7.09. The Morgan fingerprint density at radius 2 is 2.29 bits per heavy atom. The molecule has 5 heteroatoms. The van der Waals surface area contributed by atoms with E-state index in [1.165, 1.54) is 18.0 Å². The molecular formula is C16H19N3OS. The Morgan fingerprint density at radius 3 is 3.19 bits per heavy atom. The molecule has 3 atom stereocenters. The average molecular weight is 301 g/mol. The average Bonchev–Trinajstić information content (AvgIpc) is 2.89. The van der Waals surface area contributed by atoms with Crippen molar-refractivity contribution in [2.45, 2.75) is 18.8 Å². The smallest absolute Gasteiger partial charge is 0.202 e. The number of fused-ring (bicyclic) bond motifs is 3. The molecule has 1 saturated carbocycles. The molecule has 1 aromatic carbocycles. The molecule has 21 heavy (non-hydrogen) atoms. The molecule has 0 aliphatic heterocycles. The van der Waals surface area contributed by atoms with E-state index in [4.69, 9.17) is 4.74 Å². The maximum Gasteiger partial charge on any atom is 0.202 e. The van der Waals surface area contributed by atoms with Crippen LogP contribution in [0.4, 0.5) is 5.13 Å². The molecule has 1 aromatic heterocycles. The van der Waals surface area contributed by atoms with Gasteiger partial charge in [0.15, 0.2) is 0 Å². The molecule has 1 fully saturated rings. The van der Waals surface area contributed by atoms with E-state index in [1.54, 1.807) is 18.2 Å². The van der Waals surface area contributed by atoms with E-state index in [0.717, 1.165) is 41.7 Å².